The maximum atomic E-state index is 12.3. The molecule has 2 aromatic heterocycles. The van der Waals surface area contributed by atoms with Crippen LogP contribution in [0.2, 0.25) is 0 Å². The van der Waals surface area contributed by atoms with E-state index in [0.717, 1.165) is 29.8 Å². The molecule has 0 radical (unpaired) electrons. The van der Waals surface area contributed by atoms with E-state index in [1.807, 2.05) is 5.38 Å². The molecule has 1 fully saturated rings. The van der Waals surface area contributed by atoms with Gasteiger partial charge in [0.25, 0.3) is 0 Å². The van der Waals surface area contributed by atoms with Gasteiger partial charge < -0.3 is 11.1 Å². The summed E-state index contributed by atoms with van der Waals surface area (Å²) in [6.45, 7) is 2.67. The predicted molar refractivity (Wildman–Crippen MR) is 95.9 cm³/mol. The number of aryl methyl sites for hydroxylation is 1. The van der Waals surface area contributed by atoms with Gasteiger partial charge in [-0.15, -0.1) is 35.1 Å². The van der Waals surface area contributed by atoms with Gasteiger partial charge in [0.15, 0.2) is 5.13 Å². The summed E-state index contributed by atoms with van der Waals surface area (Å²) in [6.07, 6.45) is 3.10. The zero-order valence-corrected chi connectivity index (χ0v) is 14.8. The lowest BCUT2D eigenvalue weighted by molar-refractivity contribution is -0.120. The average molecular weight is 358 g/mol. The molecule has 120 valence electrons. The molecule has 0 spiro atoms. The SMILES string of the molecule is Cc1ccc(-c2csc(NC(=O)[C@@H]3CCC[C@@H]3CN)n2)s1.Cl. The highest BCUT2D eigenvalue weighted by Crippen LogP contribution is 2.33. The van der Waals surface area contributed by atoms with Crippen LogP contribution >= 0.6 is 35.1 Å². The Morgan fingerprint density at radius 2 is 2.27 bits per heavy atom. The van der Waals surface area contributed by atoms with Gasteiger partial charge >= 0.3 is 0 Å². The minimum absolute atomic E-state index is 0. The minimum Gasteiger partial charge on any atom is -0.330 e. The molecule has 0 saturated heterocycles. The highest BCUT2D eigenvalue weighted by atomic mass is 35.5. The lowest BCUT2D eigenvalue weighted by Crippen LogP contribution is -2.29. The Balaban J connectivity index is 0.00000176. The van der Waals surface area contributed by atoms with Crippen molar-refractivity contribution in [2.75, 3.05) is 11.9 Å². The van der Waals surface area contributed by atoms with E-state index in [1.54, 1.807) is 11.3 Å². The Labute approximate surface area is 144 Å². The van der Waals surface area contributed by atoms with Gasteiger partial charge in [0.2, 0.25) is 5.91 Å². The number of carbonyl (C=O) groups excluding carboxylic acids is 1. The van der Waals surface area contributed by atoms with Gasteiger partial charge in [-0.1, -0.05) is 6.42 Å². The fourth-order valence-corrected chi connectivity index (χ4v) is 4.50. The highest BCUT2D eigenvalue weighted by Gasteiger charge is 2.32. The van der Waals surface area contributed by atoms with Crippen LogP contribution in [-0.2, 0) is 4.79 Å². The third-order valence-corrected chi connectivity index (χ3v) is 5.81. The number of amides is 1. The smallest absolute Gasteiger partial charge is 0.229 e. The van der Waals surface area contributed by atoms with Crippen molar-refractivity contribution in [2.24, 2.45) is 17.6 Å². The van der Waals surface area contributed by atoms with E-state index in [1.165, 1.54) is 16.2 Å². The highest BCUT2D eigenvalue weighted by molar-refractivity contribution is 7.17. The van der Waals surface area contributed by atoms with Gasteiger partial charge in [-0.3, -0.25) is 4.79 Å². The lowest BCUT2D eigenvalue weighted by atomic mass is 9.95. The maximum absolute atomic E-state index is 12.3. The quantitative estimate of drug-likeness (QED) is 0.871. The Kier molecular flexibility index (Phi) is 5.97. The number of hydrogen-bond acceptors (Lipinski definition) is 5. The van der Waals surface area contributed by atoms with Gasteiger partial charge in [0, 0.05) is 16.2 Å². The monoisotopic (exact) mass is 357 g/mol. The standard InChI is InChI=1S/C15H19N3OS2.ClH/c1-9-5-6-13(21-9)12-8-20-15(17-12)18-14(19)11-4-2-3-10(11)7-16;/h5-6,8,10-11H,2-4,7,16H2,1H3,(H,17,18,19);1H/t10-,11-;/m1./s1. The van der Waals surface area contributed by atoms with E-state index >= 15 is 0 Å². The Hall–Kier alpha value is -0.950. The molecule has 2 aromatic rings. The molecule has 0 bridgehead atoms. The van der Waals surface area contributed by atoms with Gasteiger partial charge in [0.05, 0.1) is 10.6 Å². The molecule has 1 saturated carbocycles. The van der Waals surface area contributed by atoms with Crippen LogP contribution in [0.5, 0.6) is 0 Å². The molecule has 1 aliphatic carbocycles. The van der Waals surface area contributed by atoms with Crippen LogP contribution in [-0.4, -0.2) is 17.4 Å². The summed E-state index contributed by atoms with van der Waals surface area (Å²) in [5.41, 5.74) is 6.69. The third kappa shape index (κ3) is 3.68. The maximum Gasteiger partial charge on any atom is 0.229 e. The van der Waals surface area contributed by atoms with E-state index in [9.17, 15) is 4.79 Å². The number of thiazole rings is 1. The Bertz CT molecular complexity index is 640. The Morgan fingerprint density at radius 3 is 2.95 bits per heavy atom. The van der Waals surface area contributed by atoms with E-state index < -0.39 is 0 Å². The van der Waals surface area contributed by atoms with Crippen molar-refractivity contribution >= 4 is 46.1 Å². The number of rotatable bonds is 4. The largest absolute Gasteiger partial charge is 0.330 e. The fraction of sp³-hybridized carbons (Fsp3) is 0.467. The molecule has 22 heavy (non-hydrogen) atoms. The second kappa shape index (κ2) is 7.55. The van der Waals surface area contributed by atoms with Crippen LogP contribution in [0, 0.1) is 18.8 Å². The average Bonchev–Trinajstić information content (AvgIpc) is 3.17. The summed E-state index contributed by atoms with van der Waals surface area (Å²) < 4.78 is 0. The summed E-state index contributed by atoms with van der Waals surface area (Å²) in [5.74, 6) is 0.446. The lowest BCUT2D eigenvalue weighted by Gasteiger charge is -2.16. The number of nitrogens with two attached hydrogens (primary N) is 1. The van der Waals surface area contributed by atoms with Crippen LogP contribution < -0.4 is 11.1 Å². The van der Waals surface area contributed by atoms with Crippen molar-refractivity contribution in [3.05, 3.63) is 22.4 Å². The van der Waals surface area contributed by atoms with E-state index in [4.69, 9.17) is 5.73 Å². The summed E-state index contributed by atoms with van der Waals surface area (Å²) in [4.78, 5) is 19.3. The molecule has 2 atom stereocenters. The number of aromatic nitrogens is 1. The molecule has 3 N–H and O–H groups in total. The molecule has 1 aliphatic rings. The number of halogens is 1. The van der Waals surface area contributed by atoms with Gasteiger partial charge in [0.1, 0.15) is 0 Å². The van der Waals surface area contributed by atoms with Crippen molar-refractivity contribution in [1.29, 1.82) is 0 Å². The molecular formula is C15H20ClN3OS2. The number of anilines is 1. The summed E-state index contributed by atoms with van der Waals surface area (Å²) in [5, 5.41) is 5.64. The molecule has 7 heteroatoms. The van der Waals surface area contributed by atoms with Crippen molar-refractivity contribution in [2.45, 2.75) is 26.2 Å². The van der Waals surface area contributed by atoms with Crippen LogP contribution in [0.4, 0.5) is 5.13 Å². The van der Waals surface area contributed by atoms with Crippen LogP contribution in [0.3, 0.4) is 0 Å². The van der Waals surface area contributed by atoms with Gasteiger partial charge in [-0.25, -0.2) is 4.98 Å². The molecule has 4 nitrogen and oxygen atoms in total. The minimum atomic E-state index is 0. The summed E-state index contributed by atoms with van der Waals surface area (Å²) >= 11 is 3.20. The van der Waals surface area contributed by atoms with Crippen molar-refractivity contribution in [3.63, 3.8) is 0 Å². The van der Waals surface area contributed by atoms with Gasteiger partial charge in [-0.05, 0) is 44.4 Å². The zero-order chi connectivity index (χ0) is 14.8. The Morgan fingerprint density at radius 1 is 1.45 bits per heavy atom. The molecule has 0 aromatic carbocycles. The van der Waals surface area contributed by atoms with Crippen LogP contribution in [0.15, 0.2) is 17.5 Å². The molecule has 2 heterocycles. The number of hydrogen-bond donors (Lipinski definition) is 2. The van der Waals surface area contributed by atoms with Gasteiger partial charge in [-0.2, -0.15) is 0 Å². The number of nitrogens with zero attached hydrogens (tertiary/aromatic N) is 1. The molecular weight excluding hydrogens is 338 g/mol. The first kappa shape index (κ1) is 17.4. The second-order valence-electron chi connectivity index (χ2n) is 5.47. The zero-order valence-electron chi connectivity index (χ0n) is 12.4. The number of carbonyl (C=O) groups is 1. The van der Waals surface area contributed by atoms with Crippen LogP contribution in [0.25, 0.3) is 10.6 Å². The molecule has 1 amide bonds. The normalized spacial score (nSPS) is 20.6. The molecule has 0 unspecified atom stereocenters. The summed E-state index contributed by atoms with van der Waals surface area (Å²) in [6, 6.07) is 4.16. The first-order chi connectivity index (χ1) is 10.2. The fourth-order valence-electron chi connectivity index (χ4n) is 2.88. The first-order valence-electron chi connectivity index (χ1n) is 7.20. The first-order valence-corrected chi connectivity index (χ1v) is 8.90. The summed E-state index contributed by atoms with van der Waals surface area (Å²) in [7, 11) is 0. The van der Waals surface area contributed by atoms with Crippen molar-refractivity contribution in [1.82, 2.24) is 4.98 Å². The third-order valence-electron chi connectivity index (χ3n) is 4.03. The topological polar surface area (TPSA) is 68.0 Å². The second-order valence-corrected chi connectivity index (χ2v) is 7.62. The predicted octanol–water partition coefficient (Wildman–Crippen LogP) is 3.92. The number of thiophene rings is 1. The van der Waals surface area contributed by atoms with Crippen molar-refractivity contribution < 1.29 is 4.79 Å². The number of nitrogens with one attached hydrogen (secondary N) is 1. The van der Waals surface area contributed by atoms with Crippen LogP contribution in [0.1, 0.15) is 24.1 Å². The molecule has 3 rings (SSSR count). The van der Waals surface area contributed by atoms with Crippen molar-refractivity contribution in [3.8, 4) is 10.6 Å². The van der Waals surface area contributed by atoms with E-state index in [-0.39, 0.29) is 24.2 Å². The molecule has 0 aliphatic heterocycles. The van der Waals surface area contributed by atoms with E-state index in [2.05, 4.69) is 29.4 Å². The van der Waals surface area contributed by atoms with E-state index in [0.29, 0.717) is 17.6 Å².